The molecule has 0 aliphatic heterocycles. The normalized spacial score (nSPS) is 11.9. The third-order valence-corrected chi connectivity index (χ3v) is 3.75. The molecule has 0 unspecified atom stereocenters. The van der Waals surface area contributed by atoms with Gasteiger partial charge in [0.25, 0.3) is 0 Å². The summed E-state index contributed by atoms with van der Waals surface area (Å²) in [4.78, 5) is 12.0. The summed E-state index contributed by atoms with van der Waals surface area (Å²) in [6, 6.07) is 3.79. The number of rotatable bonds is 5. The standard InChI is InChI=1S/C20H24N6O4/c1-19(2,3)30-18(27)24-14-9-23-25(10-14)16-6-15(29-12-20(4,5)28)11-26-17(16)13(7-21)8-22-26/h6,8-11,28H,12H2,1-5H3,(H,24,27). The van der Waals surface area contributed by atoms with Crippen molar-refractivity contribution >= 4 is 17.3 Å². The molecule has 1 amide bonds. The molecular weight excluding hydrogens is 388 g/mol. The second-order valence-corrected chi connectivity index (χ2v) is 8.43. The van der Waals surface area contributed by atoms with Crippen LogP contribution in [0.25, 0.3) is 11.2 Å². The van der Waals surface area contributed by atoms with Crippen molar-refractivity contribution < 1.29 is 19.4 Å². The average molecular weight is 412 g/mol. The lowest BCUT2D eigenvalue weighted by Gasteiger charge is -2.19. The largest absolute Gasteiger partial charge is 0.489 e. The number of aliphatic hydroxyl groups is 1. The SMILES string of the molecule is CC(C)(O)COc1cc(-n2cc(NC(=O)OC(C)(C)C)cn2)c2c(C#N)cnn2c1. The van der Waals surface area contributed by atoms with Gasteiger partial charge in [0.15, 0.2) is 0 Å². The number of aromatic nitrogens is 4. The quantitative estimate of drug-likeness (QED) is 0.660. The first-order valence-corrected chi connectivity index (χ1v) is 9.27. The molecule has 2 N–H and O–H groups in total. The lowest BCUT2D eigenvalue weighted by atomic mass is 10.2. The second kappa shape index (κ2) is 7.68. The summed E-state index contributed by atoms with van der Waals surface area (Å²) in [5, 5.41) is 30.5. The Hall–Kier alpha value is -3.58. The lowest BCUT2D eigenvalue weighted by molar-refractivity contribution is 0.0283. The van der Waals surface area contributed by atoms with Crippen LogP contribution in [0.5, 0.6) is 5.75 Å². The third kappa shape index (κ3) is 5.07. The monoisotopic (exact) mass is 412 g/mol. The Balaban J connectivity index is 1.96. The van der Waals surface area contributed by atoms with E-state index >= 15 is 0 Å². The van der Waals surface area contributed by atoms with Crippen LogP contribution in [0.1, 0.15) is 40.2 Å². The highest BCUT2D eigenvalue weighted by molar-refractivity contribution is 5.84. The van der Waals surface area contributed by atoms with Gasteiger partial charge in [-0.3, -0.25) is 5.32 Å². The minimum absolute atomic E-state index is 0.0644. The van der Waals surface area contributed by atoms with Crippen LogP contribution < -0.4 is 10.1 Å². The number of nitriles is 1. The number of fused-ring (bicyclic) bond motifs is 1. The smallest absolute Gasteiger partial charge is 0.412 e. The summed E-state index contributed by atoms with van der Waals surface area (Å²) < 4.78 is 13.9. The van der Waals surface area contributed by atoms with Crippen molar-refractivity contribution in [3.63, 3.8) is 0 Å². The molecule has 0 radical (unpaired) electrons. The Kier molecular flexibility index (Phi) is 5.41. The molecule has 0 saturated carbocycles. The summed E-state index contributed by atoms with van der Waals surface area (Å²) in [5.74, 6) is 0.435. The third-order valence-electron chi connectivity index (χ3n) is 3.75. The van der Waals surface area contributed by atoms with E-state index in [0.717, 1.165) is 0 Å². The van der Waals surface area contributed by atoms with Crippen molar-refractivity contribution in [2.24, 2.45) is 0 Å². The van der Waals surface area contributed by atoms with Gasteiger partial charge >= 0.3 is 6.09 Å². The van der Waals surface area contributed by atoms with Gasteiger partial charge in [0.2, 0.25) is 0 Å². The van der Waals surface area contributed by atoms with Crippen LogP contribution in [0.2, 0.25) is 0 Å². The number of ether oxygens (including phenoxy) is 2. The summed E-state index contributed by atoms with van der Waals surface area (Å²) in [5.41, 5.74) is 0.180. The van der Waals surface area contributed by atoms with Gasteiger partial charge < -0.3 is 14.6 Å². The van der Waals surface area contributed by atoms with Gasteiger partial charge in [-0.2, -0.15) is 15.5 Å². The molecule has 0 fully saturated rings. The van der Waals surface area contributed by atoms with Crippen molar-refractivity contribution in [2.45, 2.75) is 45.8 Å². The van der Waals surface area contributed by atoms with Gasteiger partial charge in [-0.1, -0.05) is 0 Å². The van der Waals surface area contributed by atoms with Crippen molar-refractivity contribution in [3.8, 4) is 17.5 Å². The minimum atomic E-state index is -1.02. The molecule has 0 saturated heterocycles. The fraction of sp³-hybridized carbons (Fsp3) is 0.400. The number of amides is 1. The number of anilines is 1. The number of carbonyl (C=O) groups excluding carboxylic acids is 1. The van der Waals surface area contributed by atoms with Crippen LogP contribution in [0.15, 0.2) is 30.9 Å². The molecule has 30 heavy (non-hydrogen) atoms. The number of hydrogen-bond acceptors (Lipinski definition) is 7. The zero-order valence-corrected chi connectivity index (χ0v) is 17.5. The molecule has 0 aromatic carbocycles. The number of nitrogens with zero attached hydrogens (tertiary/aromatic N) is 5. The Labute approximate surface area is 173 Å². The van der Waals surface area contributed by atoms with E-state index in [0.29, 0.717) is 28.2 Å². The van der Waals surface area contributed by atoms with Crippen molar-refractivity contribution in [3.05, 3.63) is 36.4 Å². The number of nitrogens with one attached hydrogen (secondary N) is 1. The first kappa shape index (κ1) is 21.1. The highest BCUT2D eigenvalue weighted by Gasteiger charge is 2.19. The Bertz CT molecular complexity index is 1110. The molecule has 3 heterocycles. The van der Waals surface area contributed by atoms with E-state index in [4.69, 9.17) is 9.47 Å². The Morgan fingerprint density at radius 3 is 2.60 bits per heavy atom. The minimum Gasteiger partial charge on any atom is -0.489 e. The molecular formula is C20H24N6O4. The molecule has 0 spiro atoms. The van der Waals surface area contributed by atoms with Crippen LogP contribution in [0, 0.1) is 11.3 Å². The summed E-state index contributed by atoms with van der Waals surface area (Å²) >= 11 is 0. The molecule has 10 heteroatoms. The molecule has 0 aliphatic carbocycles. The van der Waals surface area contributed by atoms with Crippen LogP contribution >= 0.6 is 0 Å². The highest BCUT2D eigenvalue weighted by Crippen LogP contribution is 2.26. The fourth-order valence-electron chi connectivity index (χ4n) is 2.61. The van der Waals surface area contributed by atoms with Gasteiger partial charge in [0, 0.05) is 6.07 Å². The van der Waals surface area contributed by atoms with Crippen LogP contribution in [-0.2, 0) is 4.74 Å². The predicted molar refractivity (Wildman–Crippen MR) is 109 cm³/mol. The zero-order valence-electron chi connectivity index (χ0n) is 17.5. The van der Waals surface area contributed by atoms with Crippen LogP contribution in [0.3, 0.4) is 0 Å². The zero-order chi connectivity index (χ0) is 22.1. The second-order valence-electron chi connectivity index (χ2n) is 8.43. The van der Waals surface area contributed by atoms with Crippen LogP contribution in [0.4, 0.5) is 10.5 Å². The van der Waals surface area contributed by atoms with Crippen molar-refractivity contribution in [1.29, 1.82) is 5.26 Å². The van der Waals surface area contributed by atoms with E-state index in [1.54, 1.807) is 53.1 Å². The molecule has 0 atom stereocenters. The van der Waals surface area contributed by atoms with E-state index in [2.05, 4.69) is 21.6 Å². The fourth-order valence-corrected chi connectivity index (χ4v) is 2.61. The van der Waals surface area contributed by atoms with Gasteiger partial charge in [-0.15, -0.1) is 0 Å². The molecule has 10 nitrogen and oxygen atoms in total. The number of pyridine rings is 1. The first-order chi connectivity index (χ1) is 13.9. The summed E-state index contributed by atoms with van der Waals surface area (Å²) in [6.07, 6.45) is 5.52. The average Bonchev–Trinajstić information content (AvgIpc) is 3.23. The maximum atomic E-state index is 12.0. The van der Waals surface area contributed by atoms with Gasteiger partial charge in [-0.25, -0.2) is 14.0 Å². The number of carbonyl (C=O) groups is 1. The maximum Gasteiger partial charge on any atom is 0.412 e. The van der Waals surface area contributed by atoms with Crippen LogP contribution in [-0.4, -0.2) is 48.4 Å². The maximum absolute atomic E-state index is 12.0. The first-order valence-electron chi connectivity index (χ1n) is 9.27. The Morgan fingerprint density at radius 2 is 1.97 bits per heavy atom. The van der Waals surface area contributed by atoms with E-state index in [-0.39, 0.29) is 6.61 Å². The molecule has 0 bridgehead atoms. The lowest BCUT2D eigenvalue weighted by Crippen LogP contribution is -2.28. The molecule has 3 aromatic rings. The molecule has 0 aliphatic rings. The van der Waals surface area contributed by atoms with E-state index in [1.165, 1.54) is 21.6 Å². The summed E-state index contributed by atoms with van der Waals surface area (Å²) in [6.45, 7) is 8.65. The van der Waals surface area contributed by atoms with Crippen molar-refractivity contribution in [2.75, 3.05) is 11.9 Å². The van der Waals surface area contributed by atoms with E-state index < -0.39 is 17.3 Å². The molecule has 3 rings (SSSR count). The van der Waals surface area contributed by atoms with E-state index in [9.17, 15) is 15.2 Å². The molecule has 158 valence electrons. The predicted octanol–water partition coefficient (Wildman–Crippen LogP) is 2.89. The van der Waals surface area contributed by atoms with Gasteiger partial charge in [-0.05, 0) is 34.6 Å². The summed E-state index contributed by atoms with van der Waals surface area (Å²) in [7, 11) is 0. The van der Waals surface area contributed by atoms with Gasteiger partial charge in [0.05, 0.1) is 47.3 Å². The Morgan fingerprint density at radius 1 is 1.23 bits per heavy atom. The number of hydrogen-bond donors (Lipinski definition) is 2. The highest BCUT2D eigenvalue weighted by atomic mass is 16.6. The molecule has 3 aromatic heterocycles. The van der Waals surface area contributed by atoms with Crippen molar-refractivity contribution in [1.82, 2.24) is 19.4 Å². The van der Waals surface area contributed by atoms with E-state index in [1.807, 2.05) is 0 Å². The topological polar surface area (TPSA) is 127 Å². The van der Waals surface area contributed by atoms with Gasteiger partial charge in [0.1, 0.15) is 29.5 Å².